The minimum atomic E-state index is -3.76. The number of H-pyrrole nitrogens is 1. The summed E-state index contributed by atoms with van der Waals surface area (Å²) in [7, 11) is -3.76. The van der Waals surface area contributed by atoms with Crippen molar-refractivity contribution in [2.75, 3.05) is 0 Å². The Kier molecular flexibility index (Phi) is 4.71. The maximum atomic E-state index is 12.4. The third-order valence-electron chi connectivity index (χ3n) is 3.17. The summed E-state index contributed by atoms with van der Waals surface area (Å²) < 4.78 is 27.2. The third-order valence-corrected chi connectivity index (χ3v) is 4.78. The second-order valence-electron chi connectivity index (χ2n) is 4.57. The number of nitrogens with one attached hydrogen (secondary N) is 2. The number of hydrogen-bond acceptors (Lipinski definition) is 5. The minimum absolute atomic E-state index is 0.000945. The standard InChI is InChI=1S/C13H18N4O3S/c1-3-10-5-4-6-14-11(10)7-15-21(19,20)13-9(2)16-17-12(13)8-18/h4-6,15,18H,3,7-8H2,1-2H3,(H,16,17). The summed E-state index contributed by atoms with van der Waals surface area (Å²) in [6.45, 7) is 3.24. The van der Waals surface area contributed by atoms with Crippen LogP contribution in [-0.4, -0.2) is 28.7 Å². The topological polar surface area (TPSA) is 108 Å². The highest BCUT2D eigenvalue weighted by molar-refractivity contribution is 7.89. The SMILES string of the molecule is CCc1cccnc1CNS(=O)(=O)c1c(CO)n[nH]c1C. The molecule has 2 aromatic heterocycles. The lowest BCUT2D eigenvalue weighted by Gasteiger charge is -2.09. The Hall–Kier alpha value is -1.77. The predicted molar refractivity (Wildman–Crippen MR) is 76.9 cm³/mol. The van der Waals surface area contributed by atoms with Gasteiger partial charge in [0.15, 0.2) is 0 Å². The van der Waals surface area contributed by atoms with Crippen molar-refractivity contribution in [1.82, 2.24) is 19.9 Å². The quantitative estimate of drug-likeness (QED) is 0.726. The van der Waals surface area contributed by atoms with Crippen molar-refractivity contribution in [3.63, 3.8) is 0 Å². The molecular formula is C13H18N4O3S. The van der Waals surface area contributed by atoms with E-state index in [-0.39, 0.29) is 17.1 Å². The van der Waals surface area contributed by atoms with E-state index in [1.54, 1.807) is 13.1 Å². The van der Waals surface area contributed by atoms with Gasteiger partial charge in [-0.25, -0.2) is 13.1 Å². The summed E-state index contributed by atoms with van der Waals surface area (Å²) in [5, 5.41) is 15.5. The lowest BCUT2D eigenvalue weighted by Crippen LogP contribution is -2.25. The van der Waals surface area contributed by atoms with Crippen LogP contribution in [0, 0.1) is 6.92 Å². The zero-order valence-electron chi connectivity index (χ0n) is 11.9. The van der Waals surface area contributed by atoms with Gasteiger partial charge in [-0.05, 0) is 25.0 Å². The van der Waals surface area contributed by atoms with E-state index in [4.69, 9.17) is 0 Å². The number of sulfonamides is 1. The largest absolute Gasteiger partial charge is 0.390 e. The molecule has 2 heterocycles. The first-order valence-corrected chi connectivity index (χ1v) is 8.05. The van der Waals surface area contributed by atoms with Gasteiger partial charge in [-0.15, -0.1) is 0 Å². The molecule has 0 aliphatic heterocycles. The number of hydrogen-bond donors (Lipinski definition) is 3. The van der Waals surface area contributed by atoms with E-state index in [2.05, 4.69) is 19.9 Å². The van der Waals surface area contributed by atoms with Gasteiger partial charge >= 0.3 is 0 Å². The van der Waals surface area contributed by atoms with E-state index < -0.39 is 16.6 Å². The highest BCUT2D eigenvalue weighted by atomic mass is 32.2. The van der Waals surface area contributed by atoms with Gasteiger partial charge in [0.05, 0.1) is 24.5 Å². The molecule has 0 spiro atoms. The fourth-order valence-corrected chi connectivity index (χ4v) is 3.46. The van der Waals surface area contributed by atoms with Crippen molar-refractivity contribution in [3.8, 4) is 0 Å². The maximum Gasteiger partial charge on any atom is 0.244 e. The number of aliphatic hydroxyl groups excluding tert-OH is 1. The van der Waals surface area contributed by atoms with E-state index >= 15 is 0 Å². The molecule has 0 aliphatic rings. The molecule has 0 atom stereocenters. The predicted octanol–water partition coefficient (Wildman–Crippen LogP) is 0.646. The second kappa shape index (κ2) is 6.33. The molecule has 3 N–H and O–H groups in total. The first kappa shape index (κ1) is 15.6. The number of aromatic nitrogens is 3. The van der Waals surface area contributed by atoms with Gasteiger partial charge in [0, 0.05) is 6.20 Å². The summed E-state index contributed by atoms with van der Waals surface area (Å²) in [6.07, 6.45) is 2.41. The summed E-state index contributed by atoms with van der Waals surface area (Å²) in [6, 6.07) is 3.74. The molecule has 0 saturated heterocycles. The van der Waals surface area contributed by atoms with Gasteiger partial charge in [0.2, 0.25) is 10.0 Å². The summed E-state index contributed by atoms with van der Waals surface area (Å²) in [5.74, 6) is 0. The molecule has 0 unspecified atom stereocenters. The Balaban J connectivity index is 2.24. The molecule has 0 saturated carbocycles. The van der Waals surface area contributed by atoms with Gasteiger partial charge in [0.1, 0.15) is 10.6 Å². The smallest absolute Gasteiger partial charge is 0.244 e. The van der Waals surface area contributed by atoms with Crippen molar-refractivity contribution in [1.29, 1.82) is 0 Å². The fraction of sp³-hybridized carbons (Fsp3) is 0.385. The second-order valence-corrected chi connectivity index (χ2v) is 6.27. The van der Waals surface area contributed by atoms with Crippen LogP contribution in [0.2, 0.25) is 0 Å². The Morgan fingerprint density at radius 3 is 2.81 bits per heavy atom. The average Bonchev–Trinajstić information content (AvgIpc) is 2.87. The maximum absolute atomic E-state index is 12.4. The van der Waals surface area contributed by atoms with Crippen LogP contribution in [0.4, 0.5) is 0 Å². The Morgan fingerprint density at radius 1 is 1.38 bits per heavy atom. The molecule has 2 aromatic rings. The monoisotopic (exact) mass is 310 g/mol. The lowest BCUT2D eigenvalue weighted by molar-refractivity contribution is 0.273. The Labute approximate surface area is 123 Å². The van der Waals surface area contributed by atoms with Gasteiger partial charge in [0.25, 0.3) is 0 Å². The highest BCUT2D eigenvalue weighted by Gasteiger charge is 2.24. The van der Waals surface area contributed by atoms with Gasteiger partial charge in [-0.1, -0.05) is 13.0 Å². The molecule has 0 aromatic carbocycles. The van der Waals surface area contributed by atoms with E-state index in [1.807, 2.05) is 19.1 Å². The molecule has 0 bridgehead atoms. The van der Waals surface area contributed by atoms with E-state index in [1.165, 1.54) is 0 Å². The van der Waals surface area contributed by atoms with E-state index in [0.29, 0.717) is 11.4 Å². The van der Waals surface area contributed by atoms with Crippen LogP contribution in [-0.2, 0) is 29.6 Å². The number of pyridine rings is 1. The normalized spacial score (nSPS) is 11.8. The molecule has 7 nitrogen and oxygen atoms in total. The number of aryl methyl sites for hydroxylation is 2. The van der Waals surface area contributed by atoms with E-state index in [0.717, 1.165) is 12.0 Å². The molecule has 0 aliphatic carbocycles. The number of rotatable bonds is 6. The van der Waals surface area contributed by atoms with Crippen molar-refractivity contribution in [2.24, 2.45) is 0 Å². The summed E-state index contributed by atoms with van der Waals surface area (Å²) in [5.41, 5.74) is 2.18. The summed E-state index contributed by atoms with van der Waals surface area (Å²) in [4.78, 5) is 4.20. The first-order valence-electron chi connectivity index (χ1n) is 6.56. The molecule has 0 radical (unpaired) electrons. The molecule has 8 heteroatoms. The van der Waals surface area contributed by atoms with Gasteiger partial charge < -0.3 is 5.11 Å². The average molecular weight is 310 g/mol. The fourth-order valence-electron chi connectivity index (χ4n) is 2.12. The molecule has 2 rings (SSSR count). The molecule has 0 amide bonds. The van der Waals surface area contributed by atoms with Crippen LogP contribution >= 0.6 is 0 Å². The zero-order chi connectivity index (χ0) is 15.5. The number of aliphatic hydroxyl groups is 1. The summed E-state index contributed by atoms with van der Waals surface area (Å²) >= 11 is 0. The first-order chi connectivity index (χ1) is 9.99. The van der Waals surface area contributed by atoms with Crippen molar-refractivity contribution in [2.45, 2.75) is 38.3 Å². The Bertz CT molecular complexity index is 725. The van der Waals surface area contributed by atoms with Crippen molar-refractivity contribution in [3.05, 3.63) is 41.0 Å². The molecule has 21 heavy (non-hydrogen) atoms. The number of nitrogens with zero attached hydrogens (tertiary/aromatic N) is 2. The molecule has 0 fully saturated rings. The molecular weight excluding hydrogens is 292 g/mol. The van der Waals surface area contributed by atoms with Gasteiger partial charge in [-0.3, -0.25) is 10.1 Å². The third kappa shape index (κ3) is 3.29. The van der Waals surface area contributed by atoms with Crippen molar-refractivity contribution < 1.29 is 13.5 Å². The van der Waals surface area contributed by atoms with Crippen LogP contribution in [0.5, 0.6) is 0 Å². The van der Waals surface area contributed by atoms with Crippen LogP contribution in [0.1, 0.15) is 29.6 Å². The van der Waals surface area contributed by atoms with Crippen molar-refractivity contribution >= 4 is 10.0 Å². The lowest BCUT2D eigenvalue weighted by atomic mass is 10.1. The zero-order valence-corrected chi connectivity index (χ0v) is 12.7. The molecule has 114 valence electrons. The minimum Gasteiger partial charge on any atom is -0.390 e. The Morgan fingerprint density at radius 2 is 2.14 bits per heavy atom. The van der Waals surface area contributed by atoms with Crippen LogP contribution in [0.15, 0.2) is 23.2 Å². The van der Waals surface area contributed by atoms with Crippen LogP contribution in [0.25, 0.3) is 0 Å². The highest BCUT2D eigenvalue weighted by Crippen LogP contribution is 2.18. The number of aromatic amines is 1. The van der Waals surface area contributed by atoms with Crippen LogP contribution in [0.3, 0.4) is 0 Å². The van der Waals surface area contributed by atoms with Crippen LogP contribution < -0.4 is 4.72 Å². The van der Waals surface area contributed by atoms with Gasteiger partial charge in [-0.2, -0.15) is 5.10 Å². The van der Waals surface area contributed by atoms with E-state index in [9.17, 15) is 13.5 Å².